The van der Waals surface area contributed by atoms with Crippen LogP contribution in [0.15, 0.2) is 66.7 Å². The van der Waals surface area contributed by atoms with Crippen molar-refractivity contribution < 1.29 is 18.8 Å². The Balaban J connectivity index is 1.80. The Hall–Kier alpha value is -4.18. The Morgan fingerprint density at radius 3 is 2.40 bits per heavy atom. The van der Waals surface area contributed by atoms with E-state index in [0.29, 0.717) is 28.2 Å². The lowest BCUT2D eigenvalue weighted by molar-refractivity contribution is -0.384. The predicted octanol–water partition coefficient (Wildman–Crippen LogP) is 5.39. The summed E-state index contributed by atoms with van der Waals surface area (Å²) < 4.78 is 24.2. The molecule has 0 aliphatic rings. The largest absolute Gasteiger partial charge is 0.493 e. The van der Waals surface area contributed by atoms with E-state index in [9.17, 15) is 19.8 Å². The fourth-order valence-electron chi connectivity index (χ4n) is 2.74. The number of hydrogen-bond acceptors (Lipinski definition) is 5. The van der Waals surface area contributed by atoms with Gasteiger partial charge in [0.15, 0.2) is 11.5 Å². The van der Waals surface area contributed by atoms with Gasteiger partial charge in [0.2, 0.25) is 0 Å². The van der Waals surface area contributed by atoms with Gasteiger partial charge in [-0.1, -0.05) is 18.2 Å². The maximum absolute atomic E-state index is 13.0. The summed E-state index contributed by atoms with van der Waals surface area (Å²) in [5.74, 6) is 0.674. The van der Waals surface area contributed by atoms with Crippen LogP contribution in [0.3, 0.4) is 0 Å². The van der Waals surface area contributed by atoms with Crippen molar-refractivity contribution in [1.29, 1.82) is 5.26 Å². The molecule has 3 aromatic rings. The summed E-state index contributed by atoms with van der Waals surface area (Å²) in [7, 11) is 1.51. The predicted molar refractivity (Wildman–Crippen MR) is 110 cm³/mol. The number of methoxy groups -OCH3 is 1. The van der Waals surface area contributed by atoms with Gasteiger partial charge in [0.05, 0.1) is 23.7 Å². The third kappa shape index (κ3) is 5.00. The molecular formula is C23H17FN2O4. The van der Waals surface area contributed by atoms with E-state index >= 15 is 0 Å². The first-order valence-corrected chi connectivity index (χ1v) is 8.92. The highest BCUT2D eigenvalue weighted by Crippen LogP contribution is 2.30. The van der Waals surface area contributed by atoms with Gasteiger partial charge in [0.25, 0.3) is 5.69 Å². The van der Waals surface area contributed by atoms with Gasteiger partial charge >= 0.3 is 0 Å². The zero-order valence-electron chi connectivity index (χ0n) is 16.0. The van der Waals surface area contributed by atoms with E-state index in [-0.39, 0.29) is 18.1 Å². The SMILES string of the molecule is COc1cc(/C=C(/C#N)c2ccc([N+](=O)[O-])cc2)ccc1OCc1ccc(F)cc1. The van der Waals surface area contributed by atoms with Crippen LogP contribution in [0.4, 0.5) is 10.1 Å². The normalized spacial score (nSPS) is 10.9. The molecule has 3 aromatic carbocycles. The van der Waals surface area contributed by atoms with Crippen molar-refractivity contribution in [2.24, 2.45) is 0 Å². The fourth-order valence-corrected chi connectivity index (χ4v) is 2.74. The Morgan fingerprint density at radius 1 is 1.10 bits per heavy atom. The third-order valence-electron chi connectivity index (χ3n) is 4.32. The van der Waals surface area contributed by atoms with Gasteiger partial charge in [-0.2, -0.15) is 5.26 Å². The summed E-state index contributed by atoms with van der Waals surface area (Å²) in [6, 6.07) is 19.1. The first-order valence-electron chi connectivity index (χ1n) is 8.92. The molecule has 7 heteroatoms. The Kier molecular flexibility index (Phi) is 6.40. The summed E-state index contributed by atoms with van der Waals surface area (Å²) in [5, 5.41) is 20.3. The molecule has 150 valence electrons. The summed E-state index contributed by atoms with van der Waals surface area (Å²) in [5.41, 5.74) is 2.40. The summed E-state index contributed by atoms with van der Waals surface area (Å²) in [6.07, 6.45) is 1.66. The number of hydrogen-bond donors (Lipinski definition) is 0. The van der Waals surface area contributed by atoms with Gasteiger partial charge < -0.3 is 9.47 Å². The highest BCUT2D eigenvalue weighted by atomic mass is 19.1. The number of nitro groups is 1. The van der Waals surface area contributed by atoms with E-state index < -0.39 is 4.92 Å². The van der Waals surface area contributed by atoms with Crippen LogP contribution in [0.2, 0.25) is 0 Å². The van der Waals surface area contributed by atoms with Gasteiger partial charge in [-0.25, -0.2) is 4.39 Å². The first kappa shape index (κ1) is 20.6. The second-order valence-corrected chi connectivity index (χ2v) is 6.30. The molecule has 6 nitrogen and oxygen atoms in total. The second kappa shape index (κ2) is 9.34. The van der Waals surface area contributed by atoms with Crippen molar-refractivity contribution >= 4 is 17.3 Å². The van der Waals surface area contributed by atoms with Crippen LogP contribution in [-0.2, 0) is 6.61 Å². The number of non-ortho nitro benzene ring substituents is 1. The lowest BCUT2D eigenvalue weighted by Gasteiger charge is -2.11. The first-order chi connectivity index (χ1) is 14.5. The number of allylic oxidation sites excluding steroid dienone is 1. The molecule has 0 heterocycles. The molecule has 0 N–H and O–H groups in total. The van der Waals surface area contributed by atoms with Gasteiger partial charge in [-0.15, -0.1) is 0 Å². The van der Waals surface area contributed by atoms with Gasteiger partial charge in [0.1, 0.15) is 12.4 Å². The van der Waals surface area contributed by atoms with Crippen molar-refractivity contribution in [3.63, 3.8) is 0 Å². The standard InChI is InChI=1S/C23H17FN2O4/c1-29-23-13-17(4-11-22(23)30-15-16-2-7-20(24)8-3-16)12-19(14-25)18-5-9-21(10-6-18)26(27)28/h2-13H,15H2,1H3/b19-12-. The van der Waals surface area contributed by atoms with Gasteiger partial charge in [-0.05, 0) is 59.2 Å². The van der Waals surface area contributed by atoms with E-state index in [2.05, 4.69) is 6.07 Å². The number of rotatable bonds is 7. The minimum Gasteiger partial charge on any atom is -0.493 e. The zero-order valence-corrected chi connectivity index (χ0v) is 16.0. The average Bonchev–Trinajstić information content (AvgIpc) is 2.77. The summed E-state index contributed by atoms with van der Waals surface area (Å²) in [6.45, 7) is 0.248. The average molecular weight is 404 g/mol. The van der Waals surface area contributed by atoms with E-state index in [4.69, 9.17) is 9.47 Å². The van der Waals surface area contributed by atoms with Crippen LogP contribution in [0, 0.1) is 27.3 Å². The Bertz CT molecular complexity index is 1120. The van der Waals surface area contributed by atoms with Crippen molar-refractivity contribution in [1.82, 2.24) is 0 Å². The molecule has 0 aromatic heterocycles. The molecule has 0 spiro atoms. The Labute approximate surface area is 172 Å². The molecule has 0 amide bonds. The molecule has 0 aliphatic heterocycles. The van der Waals surface area contributed by atoms with Crippen LogP contribution in [0.5, 0.6) is 11.5 Å². The monoisotopic (exact) mass is 404 g/mol. The van der Waals surface area contributed by atoms with Crippen LogP contribution < -0.4 is 9.47 Å². The maximum Gasteiger partial charge on any atom is 0.269 e. The quantitative estimate of drug-likeness (QED) is 0.228. The lowest BCUT2D eigenvalue weighted by atomic mass is 10.0. The zero-order chi connectivity index (χ0) is 21.5. The number of ether oxygens (including phenoxy) is 2. The van der Waals surface area contributed by atoms with Gasteiger partial charge in [0, 0.05) is 12.1 Å². The van der Waals surface area contributed by atoms with Crippen molar-refractivity contribution in [3.8, 4) is 17.6 Å². The van der Waals surface area contributed by atoms with E-state index in [1.54, 1.807) is 36.4 Å². The summed E-state index contributed by atoms with van der Waals surface area (Å²) >= 11 is 0. The maximum atomic E-state index is 13.0. The number of benzene rings is 3. The molecule has 0 unspecified atom stereocenters. The molecule has 30 heavy (non-hydrogen) atoms. The topological polar surface area (TPSA) is 85.4 Å². The summed E-state index contributed by atoms with van der Waals surface area (Å²) in [4.78, 5) is 10.3. The molecule has 0 fully saturated rings. The minimum absolute atomic E-state index is 0.0413. The van der Waals surface area contributed by atoms with Crippen molar-refractivity contribution in [3.05, 3.63) is 99.4 Å². The van der Waals surface area contributed by atoms with Crippen LogP contribution in [-0.4, -0.2) is 12.0 Å². The minimum atomic E-state index is -0.491. The van der Waals surface area contributed by atoms with E-state index in [0.717, 1.165) is 5.56 Å². The van der Waals surface area contributed by atoms with Crippen molar-refractivity contribution in [2.45, 2.75) is 6.61 Å². The fraction of sp³-hybridized carbons (Fsp3) is 0.0870. The molecule has 3 rings (SSSR count). The number of halogens is 1. The van der Waals surface area contributed by atoms with Gasteiger partial charge in [-0.3, -0.25) is 10.1 Å². The van der Waals surface area contributed by atoms with Crippen LogP contribution in [0.1, 0.15) is 16.7 Å². The van der Waals surface area contributed by atoms with E-state index in [1.807, 2.05) is 0 Å². The van der Waals surface area contributed by atoms with Crippen LogP contribution >= 0.6 is 0 Å². The second-order valence-electron chi connectivity index (χ2n) is 6.30. The highest BCUT2D eigenvalue weighted by Gasteiger charge is 2.09. The lowest BCUT2D eigenvalue weighted by Crippen LogP contribution is -1.98. The molecule has 0 saturated carbocycles. The molecule has 0 saturated heterocycles. The molecule has 0 aliphatic carbocycles. The molecule has 0 radical (unpaired) electrons. The van der Waals surface area contributed by atoms with E-state index in [1.165, 1.54) is 43.5 Å². The Morgan fingerprint density at radius 2 is 1.80 bits per heavy atom. The van der Waals surface area contributed by atoms with Crippen LogP contribution in [0.25, 0.3) is 11.6 Å². The number of nitriles is 1. The number of nitrogens with zero attached hydrogens (tertiary/aromatic N) is 2. The molecule has 0 atom stereocenters. The van der Waals surface area contributed by atoms with Crippen molar-refractivity contribution in [2.75, 3.05) is 7.11 Å². The third-order valence-corrected chi connectivity index (χ3v) is 4.32. The number of nitro benzene ring substituents is 1. The smallest absolute Gasteiger partial charge is 0.269 e. The molecular weight excluding hydrogens is 387 g/mol. The molecule has 0 bridgehead atoms. The highest BCUT2D eigenvalue weighted by molar-refractivity contribution is 5.90.